The third-order valence-electron chi connectivity index (χ3n) is 8.41. The van der Waals surface area contributed by atoms with Crippen LogP contribution in [0.15, 0.2) is 48.5 Å². The van der Waals surface area contributed by atoms with Crippen molar-refractivity contribution in [2.24, 2.45) is 5.92 Å². The lowest BCUT2D eigenvalue weighted by Crippen LogP contribution is -2.57. The summed E-state index contributed by atoms with van der Waals surface area (Å²) in [6, 6.07) is 13.0. The molecule has 2 aliphatic heterocycles. The molecule has 43 heavy (non-hydrogen) atoms. The average molecular weight is 589 g/mol. The molecule has 2 fully saturated rings. The second kappa shape index (κ2) is 12.6. The summed E-state index contributed by atoms with van der Waals surface area (Å²) in [4.78, 5) is 67.0. The first-order valence-corrected chi connectivity index (χ1v) is 15.0. The summed E-state index contributed by atoms with van der Waals surface area (Å²) in [6.45, 7) is 6.76. The monoisotopic (exact) mass is 588 g/mol. The number of ether oxygens (including phenoxy) is 1. The Hall–Kier alpha value is -4.21. The minimum absolute atomic E-state index is 0.0133. The zero-order valence-corrected chi connectivity index (χ0v) is 25.0. The predicted octanol–water partition coefficient (Wildman–Crippen LogP) is 2.18. The fourth-order valence-corrected chi connectivity index (χ4v) is 5.59. The topological polar surface area (TPSA) is 134 Å². The zero-order chi connectivity index (χ0) is 30.7. The van der Waals surface area contributed by atoms with Gasteiger partial charge in [-0.2, -0.15) is 0 Å². The first kappa shape index (κ1) is 30.3. The van der Waals surface area contributed by atoms with Gasteiger partial charge in [0.05, 0.1) is 6.04 Å². The third kappa shape index (κ3) is 7.42. The van der Waals surface area contributed by atoms with Gasteiger partial charge in [-0.1, -0.05) is 57.2 Å². The molecule has 0 unspecified atom stereocenters. The van der Waals surface area contributed by atoms with Crippen LogP contribution in [0.4, 0.5) is 0 Å². The number of Topliss-reactive ketones (excluding diaryl/α,β-unsaturated/α-hetero) is 1. The van der Waals surface area contributed by atoms with E-state index in [0.29, 0.717) is 18.7 Å². The van der Waals surface area contributed by atoms with Crippen LogP contribution >= 0.6 is 0 Å². The molecule has 1 saturated heterocycles. The minimum atomic E-state index is -1.19. The second-order valence-corrected chi connectivity index (χ2v) is 12.8. The van der Waals surface area contributed by atoms with E-state index in [1.54, 1.807) is 0 Å². The Labute approximate surface area is 251 Å². The van der Waals surface area contributed by atoms with Crippen LogP contribution in [0.2, 0.25) is 0 Å². The van der Waals surface area contributed by atoms with Crippen LogP contribution in [-0.2, 0) is 42.4 Å². The van der Waals surface area contributed by atoms with Crippen molar-refractivity contribution in [1.29, 1.82) is 0 Å². The highest BCUT2D eigenvalue weighted by Crippen LogP contribution is 2.27. The van der Waals surface area contributed by atoms with Gasteiger partial charge in [0, 0.05) is 31.5 Å². The number of carbonyl (C=O) groups is 5. The molecule has 228 valence electrons. The van der Waals surface area contributed by atoms with Crippen LogP contribution in [0.25, 0.3) is 0 Å². The van der Waals surface area contributed by atoms with Crippen LogP contribution in [0, 0.1) is 5.92 Å². The predicted molar refractivity (Wildman–Crippen MR) is 159 cm³/mol. The van der Waals surface area contributed by atoms with Gasteiger partial charge < -0.3 is 25.6 Å². The quantitative estimate of drug-likeness (QED) is 0.365. The van der Waals surface area contributed by atoms with Crippen LogP contribution < -0.4 is 20.7 Å². The van der Waals surface area contributed by atoms with Crippen molar-refractivity contribution in [3.05, 3.63) is 65.2 Å². The van der Waals surface area contributed by atoms with Gasteiger partial charge in [0.25, 0.3) is 11.8 Å². The smallest absolute Gasteiger partial charge is 0.289 e. The highest BCUT2D eigenvalue weighted by atomic mass is 16.5. The molecule has 2 heterocycles. The van der Waals surface area contributed by atoms with Gasteiger partial charge in [-0.05, 0) is 59.9 Å². The molecule has 1 saturated carbocycles. The van der Waals surface area contributed by atoms with Crippen molar-refractivity contribution in [2.45, 2.75) is 83.0 Å². The largest absolute Gasteiger partial charge is 0.484 e. The molecule has 0 spiro atoms. The van der Waals surface area contributed by atoms with Crippen LogP contribution in [0.1, 0.15) is 63.1 Å². The highest BCUT2D eigenvalue weighted by molar-refractivity contribution is 6.38. The first-order chi connectivity index (χ1) is 20.5. The minimum Gasteiger partial charge on any atom is -0.484 e. The molecule has 3 aliphatic rings. The Bertz CT molecular complexity index is 1390. The second-order valence-electron chi connectivity index (χ2n) is 12.8. The Balaban J connectivity index is 1.32. The van der Waals surface area contributed by atoms with Crippen molar-refractivity contribution in [3.63, 3.8) is 0 Å². The van der Waals surface area contributed by atoms with Crippen molar-refractivity contribution < 1.29 is 28.7 Å². The Morgan fingerprint density at radius 1 is 1.00 bits per heavy atom. The van der Waals surface area contributed by atoms with E-state index in [0.717, 1.165) is 29.5 Å². The normalized spacial score (nSPS) is 20.4. The number of carbonyl (C=O) groups excluding carboxylic acids is 5. The molecule has 0 bridgehead atoms. The molecule has 1 aliphatic carbocycles. The SMILES string of the molecule is CC(C)(C)c1ccc(OCC(=O)N2Cc3ccccc3C[C@H]2C(=O)N[C@@H](C[C@@H]2CCNC2=O)C(=O)C(=O)NC2CC2)cc1. The lowest BCUT2D eigenvalue weighted by atomic mass is 9.87. The maximum absolute atomic E-state index is 13.8. The maximum Gasteiger partial charge on any atom is 0.289 e. The highest BCUT2D eigenvalue weighted by Gasteiger charge is 2.40. The summed E-state index contributed by atoms with van der Waals surface area (Å²) in [5.41, 5.74) is 2.97. The molecule has 3 atom stereocenters. The molecular formula is C33H40N4O6. The van der Waals surface area contributed by atoms with Gasteiger partial charge in [0.15, 0.2) is 6.61 Å². The fraction of sp³-hybridized carbons (Fsp3) is 0.485. The van der Waals surface area contributed by atoms with Gasteiger partial charge in [0.2, 0.25) is 17.6 Å². The molecule has 2 aromatic rings. The number of amides is 4. The van der Waals surface area contributed by atoms with Gasteiger partial charge in [-0.25, -0.2) is 0 Å². The van der Waals surface area contributed by atoms with E-state index in [1.165, 1.54) is 4.90 Å². The third-order valence-corrected chi connectivity index (χ3v) is 8.41. The molecule has 10 heteroatoms. The molecule has 4 amide bonds. The average Bonchev–Trinajstić information content (AvgIpc) is 3.72. The maximum atomic E-state index is 13.8. The number of fused-ring (bicyclic) bond motifs is 1. The van der Waals surface area contributed by atoms with E-state index in [9.17, 15) is 24.0 Å². The van der Waals surface area contributed by atoms with Gasteiger partial charge >= 0.3 is 0 Å². The fourth-order valence-electron chi connectivity index (χ4n) is 5.59. The van der Waals surface area contributed by atoms with E-state index >= 15 is 0 Å². The van der Waals surface area contributed by atoms with Gasteiger partial charge in [-0.3, -0.25) is 24.0 Å². The summed E-state index contributed by atoms with van der Waals surface area (Å²) >= 11 is 0. The molecule has 2 aromatic carbocycles. The zero-order valence-electron chi connectivity index (χ0n) is 25.0. The van der Waals surface area contributed by atoms with E-state index < -0.39 is 35.6 Å². The van der Waals surface area contributed by atoms with Gasteiger partial charge in [-0.15, -0.1) is 0 Å². The Morgan fingerprint density at radius 3 is 2.33 bits per heavy atom. The number of rotatable bonds is 10. The Kier molecular flexibility index (Phi) is 8.84. The van der Waals surface area contributed by atoms with Crippen LogP contribution in [0.5, 0.6) is 5.75 Å². The Morgan fingerprint density at radius 2 is 1.70 bits per heavy atom. The summed E-state index contributed by atoms with van der Waals surface area (Å²) in [5.74, 6) is -2.62. The number of nitrogens with zero attached hydrogens (tertiary/aromatic N) is 1. The number of benzene rings is 2. The first-order valence-electron chi connectivity index (χ1n) is 15.0. The van der Waals surface area contributed by atoms with Crippen molar-refractivity contribution in [1.82, 2.24) is 20.9 Å². The molecule has 3 N–H and O–H groups in total. The number of hydrogen-bond donors (Lipinski definition) is 3. The summed E-state index contributed by atoms with van der Waals surface area (Å²) in [7, 11) is 0. The van der Waals surface area contributed by atoms with E-state index in [4.69, 9.17) is 4.74 Å². The number of hydrogen-bond acceptors (Lipinski definition) is 6. The molecule has 10 nitrogen and oxygen atoms in total. The van der Waals surface area contributed by atoms with Gasteiger partial charge in [0.1, 0.15) is 11.8 Å². The number of nitrogens with one attached hydrogen (secondary N) is 3. The summed E-state index contributed by atoms with van der Waals surface area (Å²) < 4.78 is 5.82. The summed E-state index contributed by atoms with van der Waals surface area (Å²) in [5, 5.41) is 8.18. The van der Waals surface area contributed by atoms with E-state index in [1.807, 2.05) is 48.5 Å². The summed E-state index contributed by atoms with van der Waals surface area (Å²) in [6.07, 6.45) is 2.38. The molecule has 0 radical (unpaired) electrons. The van der Waals surface area contributed by atoms with E-state index in [2.05, 4.69) is 36.7 Å². The van der Waals surface area contributed by atoms with Crippen molar-refractivity contribution in [3.8, 4) is 5.75 Å². The lowest BCUT2D eigenvalue weighted by molar-refractivity contribution is -0.145. The van der Waals surface area contributed by atoms with Crippen molar-refractivity contribution >= 4 is 29.4 Å². The number of ketones is 1. The molecule has 0 aromatic heterocycles. The van der Waals surface area contributed by atoms with Crippen LogP contribution in [-0.4, -0.2) is 65.6 Å². The van der Waals surface area contributed by atoms with Crippen LogP contribution in [0.3, 0.4) is 0 Å². The molecule has 5 rings (SSSR count). The van der Waals surface area contributed by atoms with E-state index in [-0.39, 0.29) is 49.3 Å². The molecular weight excluding hydrogens is 548 g/mol. The van der Waals surface area contributed by atoms with Crippen molar-refractivity contribution in [2.75, 3.05) is 13.2 Å². The lowest BCUT2D eigenvalue weighted by Gasteiger charge is -2.36. The standard InChI is InChI=1S/C33H40N4O6/c1-33(2,3)23-8-12-25(13-9-23)43-19-28(38)37-18-22-7-5-4-6-20(22)17-27(37)31(41)36-26(16-21-14-15-34-30(21)40)29(39)32(42)35-24-10-11-24/h4-9,12-13,21,24,26-27H,10-11,14-19H2,1-3H3,(H,34,40)(H,35,42)(H,36,41)/t21-,26-,27-/m0/s1.